The lowest BCUT2D eigenvalue weighted by molar-refractivity contribution is -0.389. The smallest absolute Gasteiger partial charge is 0.358 e. The van der Waals surface area contributed by atoms with Crippen LogP contribution in [0.2, 0.25) is 0 Å². The lowest BCUT2D eigenvalue weighted by Crippen LogP contribution is -2.42. The number of carbonyl (C=O) groups excluding carboxylic acids is 1. The zero-order chi connectivity index (χ0) is 18.5. The van der Waals surface area contributed by atoms with Crippen LogP contribution in [-0.2, 0) is 14.6 Å². The molecule has 26 heavy (non-hydrogen) atoms. The van der Waals surface area contributed by atoms with Gasteiger partial charge in [0.05, 0.1) is 13.2 Å². The number of hydrogen-bond acceptors (Lipinski definition) is 6. The largest absolute Gasteiger partial charge is 0.381 e. The molecule has 1 saturated heterocycles. The zero-order valence-corrected chi connectivity index (χ0v) is 14.4. The molecule has 1 aliphatic heterocycles. The Balaban J connectivity index is 1.92. The van der Waals surface area contributed by atoms with Crippen molar-refractivity contribution in [2.24, 2.45) is 0 Å². The van der Waals surface area contributed by atoms with Gasteiger partial charge in [-0.1, -0.05) is 30.3 Å². The van der Waals surface area contributed by atoms with Gasteiger partial charge < -0.3 is 15.0 Å². The molecule has 1 aromatic heterocycles. The molecule has 2 unspecified atom stereocenters. The number of nitro groups is 1. The second-order valence-electron chi connectivity index (χ2n) is 6.03. The van der Waals surface area contributed by atoms with Crippen LogP contribution >= 0.6 is 0 Å². The number of imidazole rings is 1. The maximum Gasteiger partial charge on any atom is 0.381 e. The van der Waals surface area contributed by atoms with Crippen molar-refractivity contribution in [1.29, 1.82) is 0 Å². The predicted octanol–water partition coefficient (Wildman–Crippen LogP) is 1.95. The highest BCUT2D eigenvalue weighted by atomic mass is 17.2. The predicted molar refractivity (Wildman–Crippen MR) is 91.2 cm³/mol. The number of rotatable bonds is 7. The third-order valence-corrected chi connectivity index (χ3v) is 4.46. The van der Waals surface area contributed by atoms with Crippen LogP contribution in [0.5, 0.6) is 0 Å². The number of hydrogen-bond donors (Lipinski definition) is 0. The van der Waals surface area contributed by atoms with Crippen LogP contribution in [0.4, 0.5) is 5.82 Å². The summed E-state index contributed by atoms with van der Waals surface area (Å²) in [5.41, 5.74) is 0.739. The van der Waals surface area contributed by atoms with Gasteiger partial charge >= 0.3 is 5.82 Å². The maximum atomic E-state index is 13.3. The average Bonchev–Trinajstić information content (AvgIpc) is 3.30. The topological polar surface area (TPSA) is 99.7 Å². The van der Waals surface area contributed by atoms with E-state index in [4.69, 9.17) is 4.89 Å². The quantitative estimate of drug-likeness (QED) is 0.425. The van der Waals surface area contributed by atoms with Gasteiger partial charge in [0.2, 0.25) is 6.33 Å². The van der Waals surface area contributed by atoms with Crippen molar-refractivity contribution in [3.05, 3.63) is 58.5 Å². The van der Waals surface area contributed by atoms with Crippen molar-refractivity contribution in [2.75, 3.05) is 20.3 Å². The van der Waals surface area contributed by atoms with Gasteiger partial charge in [-0.2, -0.15) is 0 Å². The third kappa shape index (κ3) is 3.73. The van der Waals surface area contributed by atoms with Crippen molar-refractivity contribution in [1.82, 2.24) is 14.5 Å². The van der Waals surface area contributed by atoms with E-state index in [1.165, 1.54) is 24.2 Å². The van der Waals surface area contributed by atoms with Gasteiger partial charge in [0.25, 0.3) is 5.91 Å². The highest BCUT2D eigenvalue weighted by Crippen LogP contribution is 2.27. The second-order valence-corrected chi connectivity index (χ2v) is 6.03. The number of benzene rings is 1. The summed E-state index contributed by atoms with van der Waals surface area (Å²) in [7, 11) is 1.43. The van der Waals surface area contributed by atoms with Gasteiger partial charge in [-0.3, -0.25) is 9.36 Å². The molecule has 2 atom stereocenters. The lowest BCUT2D eigenvalue weighted by atomic mass is 10.0. The second kappa shape index (κ2) is 8.07. The Morgan fingerprint density at radius 1 is 1.42 bits per heavy atom. The fourth-order valence-corrected chi connectivity index (χ4v) is 3.24. The first kappa shape index (κ1) is 18.0. The van der Waals surface area contributed by atoms with Crippen LogP contribution < -0.4 is 0 Å². The summed E-state index contributed by atoms with van der Waals surface area (Å²) in [5.74, 6) is -0.440. The highest BCUT2D eigenvalue weighted by Gasteiger charge is 2.36. The fourth-order valence-electron chi connectivity index (χ4n) is 3.24. The molecule has 1 aliphatic rings. The van der Waals surface area contributed by atoms with E-state index in [0.717, 1.165) is 18.4 Å². The maximum absolute atomic E-state index is 13.3. The summed E-state index contributed by atoms with van der Waals surface area (Å²) in [5, 5.41) is 11.0. The van der Waals surface area contributed by atoms with E-state index in [-0.39, 0.29) is 24.4 Å². The van der Waals surface area contributed by atoms with Crippen molar-refractivity contribution < 1.29 is 19.5 Å². The minimum absolute atomic E-state index is 0.0906. The zero-order valence-electron chi connectivity index (χ0n) is 14.4. The molecule has 9 heteroatoms. The molecule has 0 spiro atoms. The van der Waals surface area contributed by atoms with E-state index in [0.29, 0.717) is 6.54 Å². The molecule has 2 aromatic rings. The Morgan fingerprint density at radius 2 is 2.19 bits per heavy atom. The summed E-state index contributed by atoms with van der Waals surface area (Å²) in [6.07, 6.45) is 4.30. The summed E-state index contributed by atoms with van der Waals surface area (Å²) < 4.78 is 1.49. The van der Waals surface area contributed by atoms with Gasteiger partial charge in [0.15, 0.2) is 0 Å². The Bertz CT molecular complexity index is 764. The van der Waals surface area contributed by atoms with Gasteiger partial charge in [-0.05, 0) is 28.3 Å². The van der Waals surface area contributed by atoms with Gasteiger partial charge in [-0.25, -0.2) is 9.78 Å². The van der Waals surface area contributed by atoms with Crippen molar-refractivity contribution in [3.8, 4) is 0 Å². The standard InChI is InChI=1S/C17H20N4O5/c1-25-26-11-14-8-5-9-20(14)17(22)16(13-6-3-2-4-7-13)19-10-15(18-12-19)21(23)24/h2-4,6-7,10,12,14,16H,5,8-9,11H2,1H3. The van der Waals surface area contributed by atoms with Gasteiger partial charge in [-0.15, -0.1) is 0 Å². The van der Waals surface area contributed by atoms with E-state index in [1.54, 1.807) is 4.90 Å². The third-order valence-electron chi connectivity index (χ3n) is 4.46. The summed E-state index contributed by atoms with van der Waals surface area (Å²) in [6.45, 7) is 0.893. The number of likely N-dealkylation sites (tertiary alicyclic amines) is 1. The van der Waals surface area contributed by atoms with Crippen LogP contribution in [-0.4, -0.2) is 51.6 Å². The monoisotopic (exact) mass is 360 g/mol. The molecule has 138 valence electrons. The molecule has 2 heterocycles. The van der Waals surface area contributed by atoms with E-state index in [2.05, 4.69) is 9.87 Å². The molecular formula is C17H20N4O5. The van der Waals surface area contributed by atoms with Crippen LogP contribution in [0.3, 0.4) is 0 Å². The van der Waals surface area contributed by atoms with E-state index < -0.39 is 11.0 Å². The molecule has 0 saturated carbocycles. The van der Waals surface area contributed by atoms with Crippen LogP contribution in [0.25, 0.3) is 0 Å². The highest BCUT2D eigenvalue weighted by molar-refractivity contribution is 5.84. The van der Waals surface area contributed by atoms with Crippen LogP contribution in [0, 0.1) is 10.1 Å². The molecule has 0 aliphatic carbocycles. The van der Waals surface area contributed by atoms with Gasteiger partial charge in [0.1, 0.15) is 18.8 Å². The average molecular weight is 360 g/mol. The van der Waals surface area contributed by atoms with E-state index >= 15 is 0 Å². The van der Waals surface area contributed by atoms with E-state index in [1.807, 2.05) is 30.3 Å². The minimum atomic E-state index is -0.722. The Hall–Kier alpha value is -2.78. The fraction of sp³-hybridized carbons (Fsp3) is 0.412. The Labute approximate surface area is 150 Å². The SMILES string of the molecule is COOCC1CCCN1C(=O)C(c1ccccc1)n1cnc([N+](=O)[O-])c1. The van der Waals surface area contributed by atoms with E-state index in [9.17, 15) is 14.9 Å². The van der Waals surface area contributed by atoms with Crippen molar-refractivity contribution >= 4 is 11.7 Å². The summed E-state index contributed by atoms with van der Waals surface area (Å²) in [6, 6.07) is 8.35. The van der Waals surface area contributed by atoms with Gasteiger partial charge in [0, 0.05) is 6.54 Å². The normalized spacial score (nSPS) is 18.0. The van der Waals surface area contributed by atoms with Crippen molar-refractivity contribution in [3.63, 3.8) is 0 Å². The minimum Gasteiger partial charge on any atom is -0.358 e. The van der Waals surface area contributed by atoms with Crippen LogP contribution in [0.15, 0.2) is 42.9 Å². The molecule has 1 amide bonds. The van der Waals surface area contributed by atoms with Crippen molar-refractivity contribution in [2.45, 2.75) is 24.9 Å². The molecule has 0 bridgehead atoms. The summed E-state index contributed by atoms with van der Waals surface area (Å²) in [4.78, 5) is 38.9. The first-order chi connectivity index (χ1) is 12.6. The first-order valence-electron chi connectivity index (χ1n) is 8.30. The molecule has 1 fully saturated rings. The summed E-state index contributed by atoms with van der Waals surface area (Å²) >= 11 is 0. The molecule has 9 nitrogen and oxygen atoms in total. The molecule has 0 radical (unpaired) electrons. The van der Waals surface area contributed by atoms with Crippen LogP contribution in [0.1, 0.15) is 24.4 Å². The molecule has 0 N–H and O–H groups in total. The molecule has 3 rings (SSSR count). The number of amides is 1. The number of aromatic nitrogens is 2. The number of nitrogens with zero attached hydrogens (tertiary/aromatic N) is 4. The Morgan fingerprint density at radius 3 is 2.85 bits per heavy atom. The Kier molecular flexibility index (Phi) is 5.59. The molecular weight excluding hydrogens is 340 g/mol. The lowest BCUT2D eigenvalue weighted by Gasteiger charge is -2.28. The number of carbonyl (C=O) groups is 1. The molecule has 1 aromatic carbocycles. The first-order valence-corrected chi connectivity index (χ1v) is 8.30.